The SMILES string of the molecule is COc1ccc(PC(=O)c2c(C)cc(C)c(C)c2C)c(OC)c1.[Li+]. The van der Waals surface area contributed by atoms with Crippen LogP contribution in [0.15, 0.2) is 24.3 Å². The van der Waals surface area contributed by atoms with Crippen LogP contribution in [0.3, 0.4) is 0 Å². The van der Waals surface area contributed by atoms with E-state index in [1.54, 1.807) is 14.2 Å². The summed E-state index contributed by atoms with van der Waals surface area (Å²) in [4.78, 5) is 12.9. The first kappa shape index (κ1) is 20.8. The van der Waals surface area contributed by atoms with E-state index in [-0.39, 0.29) is 33.0 Å². The van der Waals surface area contributed by atoms with Crippen molar-refractivity contribution in [2.24, 2.45) is 0 Å². The van der Waals surface area contributed by atoms with Crippen molar-refractivity contribution in [1.29, 1.82) is 0 Å². The number of benzene rings is 2. The molecule has 2 aromatic carbocycles. The smallest absolute Gasteiger partial charge is 0.497 e. The third-order valence-corrected chi connectivity index (χ3v) is 5.40. The van der Waals surface area contributed by atoms with Crippen LogP contribution in [-0.4, -0.2) is 19.7 Å². The second-order valence-electron chi connectivity index (χ2n) is 5.66. The van der Waals surface area contributed by atoms with Crippen molar-refractivity contribution in [3.63, 3.8) is 0 Å². The summed E-state index contributed by atoms with van der Waals surface area (Å²) < 4.78 is 10.6. The summed E-state index contributed by atoms with van der Waals surface area (Å²) in [5.74, 6) is 1.41. The summed E-state index contributed by atoms with van der Waals surface area (Å²) in [6, 6.07) is 7.67. The van der Waals surface area contributed by atoms with Crippen LogP contribution in [0.1, 0.15) is 32.6 Å². The Balaban J connectivity index is 0.00000288. The van der Waals surface area contributed by atoms with E-state index in [2.05, 4.69) is 19.9 Å². The number of hydrogen-bond acceptors (Lipinski definition) is 3. The number of rotatable bonds is 5. The Morgan fingerprint density at radius 1 is 0.917 bits per heavy atom. The number of aryl methyl sites for hydroxylation is 2. The molecule has 0 spiro atoms. The van der Waals surface area contributed by atoms with Crippen molar-refractivity contribution in [3.8, 4) is 11.5 Å². The first-order chi connectivity index (χ1) is 10.9. The third kappa shape index (κ3) is 4.22. The van der Waals surface area contributed by atoms with Gasteiger partial charge in [0.05, 0.1) is 14.2 Å². The second-order valence-corrected chi connectivity index (χ2v) is 6.90. The fourth-order valence-corrected chi connectivity index (χ4v) is 3.94. The van der Waals surface area contributed by atoms with Crippen molar-refractivity contribution in [2.75, 3.05) is 14.2 Å². The Morgan fingerprint density at radius 2 is 1.58 bits per heavy atom. The Morgan fingerprint density at radius 3 is 2.17 bits per heavy atom. The van der Waals surface area contributed by atoms with Crippen molar-refractivity contribution in [1.82, 2.24) is 0 Å². The quantitative estimate of drug-likeness (QED) is 0.605. The molecule has 24 heavy (non-hydrogen) atoms. The van der Waals surface area contributed by atoms with Gasteiger partial charge in [-0.1, -0.05) is 6.07 Å². The van der Waals surface area contributed by atoms with Gasteiger partial charge in [0.1, 0.15) is 11.5 Å². The van der Waals surface area contributed by atoms with E-state index < -0.39 is 0 Å². The van der Waals surface area contributed by atoms with Gasteiger partial charge in [-0.2, -0.15) is 0 Å². The van der Waals surface area contributed by atoms with E-state index >= 15 is 0 Å². The van der Waals surface area contributed by atoms with Gasteiger partial charge < -0.3 is 9.47 Å². The molecule has 1 unspecified atom stereocenters. The number of carbonyl (C=O) groups excluding carboxylic acids is 1. The van der Waals surface area contributed by atoms with Crippen molar-refractivity contribution >= 4 is 19.4 Å². The van der Waals surface area contributed by atoms with Crippen molar-refractivity contribution in [3.05, 3.63) is 52.1 Å². The molecule has 0 N–H and O–H groups in total. The van der Waals surface area contributed by atoms with E-state index in [1.807, 2.05) is 32.0 Å². The summed E-state index contributed by atoms with van der Waals surface area (Å²) in [5, 5.41) is 0.898. The minimum absolute atomic E-state index is 0. The van der Waals surface area contributed by atoms with E-state index in [9.17, 15) is 4.79 Å². The average molecular weight is 337 g/mol. The molecule has 0 aliphatic rings. The van der Waals surface area contributed by atoms with E-state index in [0.29, 0.717) is 5.75 Å². The van der Waals surface area contributed by atoms with Gasteiger partial charge in [0.25, 0.3) is 0 Å². The molecule has 0 amide bonds. The fourth-order valence-electron chi connectivity index (χ4n) is 2.72. The van der Waals surface area contributed by atoms with Gasteiger partial charge in [-0.25, -0.2) is 0 Å². The predicted octanol–water partition coefficient (Wildman–Crippen LogP) is 1.09. The van der Waals surface area contributed by atoms with Crippen LogP contribution in [0.2, 0.25) is 0 Å². The minimum Gasteiger partial charge on any atom is -0.497 e. The molecular weight excluding hydrogens is 314 g/mol. The fraction of sp³-hybridized carbons (Fsp3) is 0.316. The molecule has 0 saturated carbocycles. The van der Waals surface area contributed by atoms with Crippen LogP contribution in [0.4, 0.5) is 0 Å². The number of methoxy groups -OCH3 is 2. The van der Waals surface area contributed by atoms with Crippen LogP contribution < -0.4 is 33.6 Å². The molecule has 0 fully saturated rings. The monoisotopic (exact) mass is 337 g/mol. The number of carbonyl (C=O) groups is 1. The van der Waals surface area contributed by atoms with Crippen LogP contribution in [0.5, 0.6) is 11.5 Å². The standard InChI is InChI=1S/C19H23O3P.Li/c1-11-9-12(2)18(14(4)13(11)3)19(20)23-17-8-7-15(21-5)10-16(17)22-6;/h7-10,23H,1-6H3;/q;+1. The van der Waals surface area contributed by atoms with Gasteiger partial charge in [0.2, 0.25) is 0 Å². The molecule has 5 heteroatoms. The van der Waals surface area contributed by atoms with Gasteiger partial charge in [-0.05, 0) is 70.7 Å². The molecule has 0 radical (unpaired) electrons. The molecule has 2 aromatic rings. The number of hydrogen-bond donors (Lipinski definition) is 0. The summed E-state index contributed by atoms with van der Waals surface area (Å²) in [6.07, 6.45) is 0. The molecule has 0 bridgehead atoms. The molecule has 0 saturated heterocycles. The van der Waals surface area contributed by atoms with Gasteiger partial charge in [0.15, 0.2) is 5.52 Å². The maximum absolute atomic E-state index is 12.9. The Bertz CT molecular complexity index is 757. The second kappa shape index (κ2) is 8.72. The van der Waals surface area contributed by atoms with Gasteiger partial charge in [0, 0.05) is 16.9 Å². The maximum atomic E-state index is 12.9. The third-order valence-electron chi connectivity index (χ3n) is 4.24. The van der Waals surface area contributed by atoms with Crippen LogP contribution >= 0.6 is 8.58 Å². The predicted molar refractivity (Wildman–Crippen MR) is 97.2 cm³/mol. The largest absolute Gasteiger partial charge is 1.00 e. The first-order valence-electron chi connectivity index (χ1n) is 7.49. The summed E-state index contributed by atoms with van der Waals surface area (Å²) in [7, 11) is 3.25. The average Bonchev–Trinajstić information content (AvgIpc) is 2.53. The molecule has 0 aliphatic heterocycles. The molecule has 0 aliphatic carbocycles. The van der Waals surface area contributed by atoms with Crippen LogP contribution in [0, 0.1) is 27.7 Å². The molecule has 2 rings (SSSR count). The normalized spacial score (nSPS) is 10.6. The van der Waals surface area contributed by atoms with Gasteiger partial charge >= 0.3 is 18.9 Å². The zero-order valence-electron chi connectivity index (χ0n) is 15.5. The molecule has 1 atom stereocenters. The zero-order chi connectivity index (χ0) is 17.1. The van der Waals surface area contributed by atoms with Crippen LogP contribution in [0.25, 0.3) is 0 Å². The minimum atomic E-state index is 0. The Hall–Kier alpha value is -1.26. The Labute approximate surface area is 158 Å². The van der Waals surface area contributed by atoms with E-state index in [1.165, 1.54) is 11.1 Å². The van der Waals surface area contributed by atoms with Crippen molar-refractivity contribution < 1.29 is 33.1 Å². The van der Waals surface area contributed by atoms with Crippen molar-refractivity contribution in [2.45, 2.75) is 27.7 Å². The van der Waals surface area contributed by atoms with E-state index in [4.69, 9.17) is 9.47 Å². The first-order valence-corrected chi connectivity index (χ1v) is 8.49. The summed E-state index contributed by atoms with van der Waals surface area (Å²) in [5.41, 5.74) is 5.51. The maximum Gasteiger partial charge on any atom is 1.00 e. The topological polar surface area (TPSA) is 35.5 Å². The van der Waals surface area contributed by atoms with Gasteiger partial charge in [-0.3, -0.25) is 4.79 Å². The molecule has 0 aromatic heterocycles. The number of ether oxygens (including phenoxy) is 2. The molecule has 3 nitrogen and oxygen atoms in total. The molecular formula is C19H23LiO3P+. The molecule has 122 valence electrons. The summed E-state index contributed by atoms with van der Waals surface area (Å²) in [6.45, 7) is 8.18. The van der Waals surface area contributed by atoms with E-state index in [0.717, 1.165) is 27.7 Å². The van der Waals surface area contributed by atoms with Crippen LogP contribution in [-0.2, 0) is 0 Å². The molecule has 0 heterocycles. The Kier molecular flexibility index (Phi) is 7.55. The van der Waals surface area contributed by atoms with Gasteiger partial charge in [-0.15, -0.1) is 0 Å². The summed E-state index contributed by atoms with van der Waals surface area (Å²) >= 11 is 0. The zero-order valence-corrected chi connectivity index (χ0v) is 16.5.